The SMILES string of the molecule is Cl.Fc1c(Cl)ccc(Cl)c1[C@@H]1CCCCN1. The molecule has 0 spiro atoms. The van der Waals surface area contributed by atoms with Crippen molar-refractivity contribution in [2.75, 3.05) is 6.54 Å². The largest absolute Gasteiger partial charge is 0.310 e. The van der Waals surface area contributed by atoms with Gasteiger partial charge in [-0.15, -0.1) is 12.4 Å². The van der Waals surface area contributed by atoms with Gasteiger partial charge >= 0.3 is 0 Å². The first kappa shape index (κ1) is 14.0. The molecular formula is C11H13Cl3FN. The van der Waals surface area contributed by atoms with Gasteiger partial charge < -0.3 is 5.32 Å². The molecule has 1 aromatic carbocycles. The van der Waals surface area contributed by atoms with Crippen molar-refractivity contribution in [1.29, 1.82) is 0 Å². The summed E-state index contributed by atoms with van der Waals surface area (Å²) in [4.78, 5) is 0. The molecule has 1 nitrogen and oxygen atoms in total. The van der Waals surface area contributed by atoms with E-state index in [0.717, 1.165) is 25.8 Å². The molecule has 1 atom stereocenters. The Morgan fingerprint density at radius 3 is 2.50 bits per heavy atom. The quantitative estimate of drug-likeness (QED) is 0.755. The van der Waals surface area contributed by atoms with Gasteiger partial charge in [-0.3, -0.25) is 0 Å². The molecular weight excluding hydrogens is 271 g/mol. The highest BCUT2D eigenvalue weighted by Crippen LogP contribution is 2.33. The van der Waals surface area contributed by atoms with Crippen LogP contribution in [0, 0.1) is 5.82 Å². The van der Waals surface area contributed by atoms with Crippen molar-refractivity contribution in [1.82, 2.24) is 5.32 Å². The number of piperidine rings is 1. The third-order valence-corrected chi connectivity index (χ3v) is 3.36. The molecule has 0 aromatic heterocycles. The maximum absolute atomic E-state index is 13.8. The molecule has 0 radical (unpaired) electrons. The van der Waals surface area contributed by atoms with Crippen molar-refractivity contribution in [2.24, 2.45) is 0 Å². The lowest BCUT2D eigenvalue weighted by atomic mass is 9.97. The highest BCUT2D eigenvalue weighted by molar-refractivity contribution is 6.33. The van der Waals surface area contributed by atoms with Crippen LogP contribution in [0.25, 0.3) is 0 Å². The summed E-state index contributed by atoms with van der Waals surface area (Å²) in [6, 6.07) is 3.15. The molecule has 0 saturated carbocycles. The molecule has 0 unspecified atom stereocenters. The first-order valence-electron chi connectivity index (χ1n) is 5.07. The molecule has 1 fully saturated rings. The Balaban J connectivity index is 0.00000128. The molecule has 1 aliphatic heterocycles. The van der Waals surface area contributed by atoms with Crippen LogP contribution in [0.5, 0.6) is 0 Å². The number of hydrogen-bond donors (Lipinski definition) is 1. The Kier molecular flexibility index (Phi) is 5.32. The fraction of sp³-hybridized carbons (Fsp3) is 0.455. The lowest BCUT2D eigenvalue weighted by Gasteiger charge is -2.25. The van der Waals surface area contributed by atoms with E-state index in [1.165, 1.54) is 6.07 Å². The van der Waals surface area contributed by atoms with E-state index in [0.29, 0.717) is 10.6 Å². The third kappa shape index (κ3) is 2.80. The van der Waals surface area contributed by atoms with Crippen LogP contribution in [0.1, 0.15) is 30.9 Å². The van der Waals surface area contributed by atoms with Gasteiger partial charge in [0.2, 0.25) is 0 Å². The third-order valence-electron chi connectivity index (χ3n) is 2.74. The van der Waals surface area contributed by atoms with Crippen molar-refractivity contribution in [2.45, 2.75) is 25.3 Å². The minimum absolute atomic E-state index is 0. The van der Waals surface area contributed by atoms with Gasteiger partial charge in [0.25, 0.3) is 0 Å². The molecule has 1 heterocycles. The molecule has 1 aromatic rings. The highest BCUT2D eigenvalue weighted by Gasteiger charge is 2.22. The Morgan fingerprint density at radius 1 is 1.19 bits per heavy atom. The minimum atomic E-state index is -0.386. The molecule has 90 valence electrons. The lowest BCUT2D eigenvalue weighted by Crippen LogP contribution is -2.27. The van der Waals surface area contributed by atoms with Gasteiger partial charge in [-0.1, -0.05) is 29.6 Å². The van der Waals surface area contributed by atoms with Gasteiger partial charge in [0, 0.05) is 16.6 Å². The van der Waals surface area contributed by atoms with Crippen molar-refractivity contribution in [3.05, 3.63) is 33.6 Å². The second-order valence-electron chi connectivity index (χ2n) is 3.76. The molecule has 1 saturated heterocycles. The van der Waals surface area contributed by atoms with Crippen LogP contribution < -0.4 is 5.32 Å². The smallest absolute Gasteiger partial charge is 0.148 e. The van der Waals surface area contributed by atoms with E-state index in [1.807, 2.05) is 0 Å². The van der Waals surface area contributed by atoms with Crippen molar-refractivity contribution in [3.63, 3.8) is 0 Å². The van der Waals surface area contributed by atoms with E-state index in [1.54, 1.807) is 6.07 Å². The first-order chi connectivity index (χ1) is 7.20. The molecule has 0 aliphatic carbocycles. The molecule has 2 rings (SSSR count). The summed E-state index contributed by atoms with van der Waals surface area (Å²) in [5.74, 6) is -0.386. The molecule has 16 heavy (non-hydrogen) atoms. The molecule has 0 amide bonds. The summed E-state index contributed by atoms with van der Waals surface area (Å²) in [6.07, 6.45) is 3.15. The minimum Gasteiger partial charge on any atom is -0.310 e. The van der Waals surface area contributed by atoms with Crippen molar-refractivity contribution >= 4 is 35.6 Å². The van der Waals surface area contributed by atoms with Crippen LogP contribution in [-0.4, -0.2) is 6.54 Å². The zero-order valence-electron chi connectivity index (χ0n) is 8.60. The maximum Gasteiger partial charge on any atom is 0.148 e. The summed E-state index contributed by atoms with van der Waals surface area (Å²) < 4.78 is 13.8. The van der Waals surface area contributed by atoms with Gasteiger partial charge in [-0.2, -0.15) is 0 Å². The van der Waals surface area contributed by atoms with Crippen LogP contribution in [0.2, 0.25) is 10.0 Å². The van der Waals surface area contributed by atoms with E-state index >= 15 is 0 Å². The lowest BCUT2D eigenvalue weighted by molar-refractivity contribution is 0.400. The van der Waals surface area contributed by atoms with Crippen LogP contribution in [0.3, 0.4) is 0 Å². The van der Waals surface area contributed by atoms with Crippen LogP contribution >= 0.6 is 35.6 Å². The number of nitrogens with one attached hydrogen (secondary N) is 1. The fourth-order valence-electron chi connectivity index (χ4n) is 1.96. The zero-order chi connectivity index (χ0) is 10.8. The molecule has 5 heteroatoms. The van der Waals surface area contributed by atoms with Gasteiger partial charge in [0.1, 0.15) is 5.82 Å². The monoisotopic (exact) mass is 283 g/mol. The molecule has 1 aliphatic rings. The highest BCUT2D eigenvalue weighted by atomic mass is 35.5. The summed E-state index contributed by atoms with van der Waals surface area (Å²) >= 11 is 11.7. The number of hydrogen-bond acceptors (Lipinski definition) is 1. The maximum atomic E-state index is 13.8. The van der Waals surface area contributed by atoms with E-state index in [2.05, 4.69) is 5.32 Å². The standard InChI is InChI=1S/C11H12Cl2FN.ClH/c12-7-4-5-8(13)11(14)10(7)9-3-1-2-6-15-9;/h4-5,9,15H,1-3,6H2;1H/t9-;/m0./s1. The van der Waals surface area contributed by atoms with Crippen LogP contribution in [-0.2, 0) is 0 Å². The normalized spacial score (nSPS) is 20.3. The van der Waals surface area contributed by atoms with Crippen LogP contribution in [0.4, 0.5) is 4.39 Å². The zero-order valence-corrected chi connectivity index (χ0v) is 10.9. The van der Waals surface area contributed by atoms with Gasteiger partial charge in [-0.25, -0.2) is 4.39 Å². The van der Waals surface area contributed by atoms with E-state index in [9.17, 15) is 4.39 Å². The summed E-state index contributed by atoms with van der Waals surface area (Å²) in [5.41, 5.74) is 0.517. The fourth-order valence-corrected chi connectivity index (χ4v) is 2.40. The second-order valence-corrected chi connectivity index (χ2v) is 4.57. The Hall–Kier alpha value is -0.0200. The Morgan fingerprint density at radius 2 is 1.88 bits per heavy atom. The van der Waals surface area contributed by atoms with Crippen molar-refractivity contribution in [3.8, 4) is 0 Å². The average Bonchev–Trinajstić information content (AvgIpc) is 2.26. The van der Waals surface area contributed by atoms with Crippen LogP contribution in [0.15, 0.2) is 12.1 Å². The van der Waals surface area contributed by atoms with Gasteiger partial charge in [0.05, 0.1) is 5.02 Å². The predicted molar refractivity (Wildman–Crippen MR) is 68.3 cm³/mol. The summed E-state index contributed by atoms with van der Waals surface area (Å²) in [5, 5.41) is 3.86. The number of benzene rings is 1. The van der Waals surface area contributed by atoms with Crippen molar-refractivity contribution < 1.29 is 4.39 Å². The summed E-state index contributed by atoms with van der Waals surface area (Å²) in [6.45, 7) is 0.910. The Bertz CT molecular complexity index is 364. The van der Waals surface area contributed by atoms with Gasteiger partial charge in [-0.05, 0) is 31.5 Å². The van der Waals surface area contributed by atoms with Gasteiger partial charge in [0.15, 0.2) is 0 Å². The predicted octanol–water partition coefficient (Wildman–Crippen LogP) is 4.37. The average molecular weight is 285 g/mol. The van der Waals surface area contributed by atoms with E-state index in [-0.39, 0.29) is 29.3 Å². The summed E-state index contributed by atoms with van der Waals surface area (Å²) in [7, 11) is 0. The number of halogens is 4. The second kappa shape index (κ2) is 6.06. The Labute approximate surface area is 111 Å². The molecule has 0 bridgehead atoms. The first-order valence-corrected chi connectivity index (χ1v) is 5.82. The van der Waals surface area contributed by atoms with E-state index in [4.69, 9.17) is 23.2 Å². The topological polar surface area (TPSA) is 12.0 Å². The number of rotatable bonds is 1. The molecule has 1 N–H and O–H groups in total. The van der Waals surface area contributed by atoms with E-state index < -0.39 is 0 Å².